The van der Waals surface area contributed by atoms with E-state index >= 15 is 0 Å². The highest BCUT2D eigenvalue weighted by molar-refractivity contribution is 6.03. The average molecular weight is 321 g/mol. The maximum Gasteiger partial charge on any atom is 0.276 e. The normalized spacial score (nSPS) is 10.5. The lowest BCUT2D eigenvalue weighted by Crippen LogP contribution is -2.13. The van der Waals surface area contributed by atoms with Gasteiger partial charge in [-0.25, -0.2) is 4.68 Å². The van der Waals surface area contributed by atoms with Gasteiger partial charge in [-0.1, -0.05) is 29.8 Å². The molecule has 5 nitrogen and oxygen atoms in total. The molecule has 0 saturated heterocycles. The molecule has 1 aromatic heterocycles. The number of aromatic nitrogens is 2. The number of aryl methyl sites for hydroxylation is 2. The minimum Gasteiger partial charge on any atom is -0.495 e. The Morgan fingerprint density at radius 3 is 2.50 bits per heavy atom. The van der Waals surface area contributed by atoms with Gasteiger partial charge in [-0.3, -0.25) is 4.79 Å². The second kappa shape index (κ2) is 6.58. The number of para-hydroxylation sites is 2. The van der Waals surface area contributed by atoms with Crippen molar-refractivity contribution in [3.63, 3.8) is 0 Å². The minimum absolute atomic E-state index is 0.270. The van der Waals surface area contributed by atoms with Gasteiger partial charge in [-0.2, -0.15) is 5.10 Å². The molecule has 0 radical (unpaired) electrons. The Kier molecular flexibility index (Phi) is 4.33. The molecule has 0 saturated carbocycles. The van der Waals surface area contributed by atoms with Crippen LogP contribution >= 0.6 is 0 Å². The molecule has 1 amide bonds. The molecule has 0 unspecified atom stereocenters. The van der Waals surface area contributed by atoms with E-state index in [1.165, 1.54) is 5.56 Å². The Morgan fingerprint density at radius 2 is 1.79 bits per heavy atom. The Balaban J connectivity index is 1.86. The smallest absolute Gasteiger partial charge is 0.276 e. The quantitative estimate of drug-likeness (QED) is 0.796. The van der Waals surface area contributed by atoms with Crippen molar-refractivity contribution in [2.75, 3.05) is 12.4 Å². The van der Waals surface area contributed by atoms with Crippen LogP contribution in [0.4, 0.5) is 5.69 Å². The van der Waals surface area contributed by atoms with Crippen molar-refractivity contribution in [2.45, 2.75) is 13.8 Å². The van der Waals surface area contributed by atoms with Gasteiger partial charge in [-0.15, -0.1) is 0 Å². The largest absolute Gasteiger partial charge is 0.495 e. The molecule has 0 fully saturated rings. The molecule has 3 rings (SSSR count). The number of hydrogen-bond acceptors (Lipinski definition) is 3. The van der Waals surface area contributed by atoms with E-state index in [0.717, 1.165) is 11.4 Å². The second-order valence-electron chi connectivity index (χ2n) is 5.57. The number of nitrogens with zero attached hydrogens (tertiary/aromatic N) is 2. The number of amides is 1. The molecule has 122 valence electrons. The lowest BCUT2D eigenvalue weighted by atomic mass is 10.2. The molecule has 0 spiro atoms. The Bertz CT molecular complexity index is 867. The van der Waals surface area contributed by atoms with Gasteiger partial charge in [0.25, 0.3) is 5.91 Å². The lowest BCUT2D eigenvalue weighted by Gasteiger charge is -2.08. The standard InChI is InChI=1S/C19H19N3O2/c1-13-8-10-15(11-9-13)22-14(2)12-17(21-22)19(23)20-16-6-4-5-7-18(16)24-3/h4-12H,1-3H3,(H,20,23). The number of nitrogens with one attached hydrogen (secondary N) is 1. The SMILES string of the molecule is COc1ccccc1NC(=O)c1cc(C)n(-c2ccc(C)cc2)n1. The average Bonchev–Trinajstić information content (AvgIpc) is 2.98. The van der Waals surface area contributed by atoms with Crippen molar-refractivity contribution in [3.05, 3.63) is 71.5 Å². The van der Waals surface area contributed by atoms with Crippen molar-refractivity contribution in [1.29, 1.82) is 0 Å². The van der Waals surface area contributed by atoms with Gasteiger partial charge in [0.2, 0.25) is 0 Å². The van der Waals surface area contributed by atoms with Crippen LogP contribution in [0.2, 0.25) is 0 Å². The van der Waals surface area contributed by atoms with E-state index < -0.39 is 0 Å². The summed E-state index contributed by atoms with van der Waals surface area (Å²) in [5.41, 5.74) is 3.97. The summed E-state index contributed by atoms with van der Waals surface area (Å²) in [5.74, 6) is 0.342. The molecule has 0 aliphatic carbocycles. The zero-order valence-corrected chi connectivity index (χ0v) is 13.9. The fraction of sp³-hybridized carbons (Fsp3) is 0.158. The number of anilines is 1. The third-order valence-electron chi connectivity index (χ3n) is 3.75. The molecule has 24 heavy (non-hydrogen) atoms. The van der Waals surface area contributed by atoms with Gasteiger partial charge < -0.3 is 10.1 Å². The van der Waals surface area contributed by atoms with Gasteiger partial charge in [0, 0.05) is 5.69 Å². The van der Waals surface area contributed by atoms with E-state index in [9.17, 15) is 4.79 Å². The fourth-order valence-corrected chi connectivity index (χ4v) is 2.47. The predicted molar refractivity (Wildman–Crippen MR) is 94.0 cm³/mol. The molecule has 3 aromatic rings. The van der Waals surface area contributed by atoms with E-state index in [1.54, 1.807) is 30.0 Å². The Labute approximate surface area is 140 Å². The lowest BCUT2D eigenvalue weighted by molar-refractivity contribution is 0.102. The monoisotopic (exact) mass is 321 g/mol. The van der Waals surface area contributed by atoms with Crippen molar-refractivity contribution >= 4 is 11.6 Å². The number of carbonyl (C=O) groups is 1. The summed E-state index contributed by atoms with van der Waals surface area (Å²) in [6.07, 6.45) is 0. The van der Waals surface area contributed by atoms with Crippen LogP contribution in [0, 0.1) is 13.8 Å². The second-order valence-corrected chi connectivity index (χ2v) is 5.57. The molecule has 0 aliphatic rings. The summed E-state index contributed by atoms with van der Waals surface area (Å²) >= 11 is 0. The van der Waals surface area contributed by atoms with E-state index in [0.29, 0.717) is 17.1 Å². The zero-order chi connectivity index (χ0) is 17.1. The van der Waals surface area contributed by atoms with Crippen LogP contribution in [-0.2, 0) is 0 Å². The van der Waals surface area contributed by atoms with Crippen LogP contribution in [0.25, 0.3) is 5.69 Å². The Morgan fingerprint density at radius 1 is 1.08 bits per heavy atom. The first-order valence-corrected chi connectivity index (χ1v) is 7.66. The van der Waals surface area contributed by atoms with Gasteiger partial charge >= 0.3 is 0 Å². The molecule has 0 bridgehead atoms. The first-order chi connectivity index (χ1) is 11.6. The van der Waals surface area contributed by atoms with Crippen molar-refractivity contribution in [1.82, 2.24) is 9.78 Å². The zero-order valence-electron chi connectivity index (χ0n) is 13.9. The highest BCUT2D eigenvalue weighted by Crippen LogP contribution is 2.23. The maximum atomic E-state index is 12.5. The van der Waals surface area contributed by atoms with E-state index in [4.69, 9.17) is 4.74 Å². The van der Waals surface area contributed by atoms with Crippen LogP contribution in [-0.4, -0.2) is 22.8 Å². The molecule has 1 N–H and O–H groups in total. The van der Waals surface area contributed by atoms with Crippen LogP contribution in [0.1, 0.15) is 21.7 Å². The molecular weight excluding hydrogens is 302 g/mol. The number of carbonyl (C=O) groups excluding carboxylic acids is 1. The van der Waals surface area contributed by atoms with Gasteiger partial charge in [0.1, 0.15) is 5.75 Å². The van der Waals surface area contributed by atoms with Crippen LogP contribution in [0.3, 0.4) is 0 Å². The van der Waals surface area contributed by atoms with Crippen LogP contribution in [0.5, 0.6) is 5.75 Å². The molecule has 5 heteroatoms. The van der Waals surface area contributed by atoms with Crippen LogP contribution < -0.4 is 10.1 Å². The number of ether oxygens (including phenoxy) is 1. The van der Waals surface area contributed by atoms with E-state index in [-0.39, 0.29) is 5.91 Å². The molecule has 0 atom stereocenters. The maximum absolute atomic E-state index is 12.5. The first kappa shape index (κ1) is 15.8. The van der Waals surface area contributed by atoms with Gasteiger partial charge in [0.15, 0.2) is 5.69 Å². The van der Waals surface area contributed by atoms with Crippen molar-refractivity contribution in [3.8, 4) is 11.4 Å². The number of rotatable bonds is 4. The van der Waals surface area contributed by atoms with Crippen molar-refractivity contribution < 1.29 is 9.53 Å². The van der Waals surface area contributed by atoms with E-state index in [1.807, 2.05) is 50.2 Å². The van der Waals surface area contributed by atoms with Gasteiger partial charge in [0.05, 0.1) is 18.5 Å². The highest BCUT2D eigenvalue weighted by atomic mass is 16.5. The van der Waals surface area contributed by atoms with Crippen molar-refractivity contribution in [2.24, 2.45) is 0 Å². The summed E-state index contributed by atoms with van der Waals surface area (Å²) in [7, 11) is 1.57. The third-order valence-corrected chi connectivity index (χ3v) is 3.75. The first-order valence-electron chi connectivity index (χ1n) is 7.66. The summed E-state index contributed by atoms with van der Waals surface area (Å²) in [5, 5.41) is 7.26. The molecule has 0 aliphatic heterocycles. The summed E-state index contributed by atoms with van der Waals surface area (Å²) in [6, 6.07) is 17.1. The molecule has 1 heterocycles. The number of methoxy groups -OCH3 is 1. The summed E-state index contributed by atoms with van der Waals surface area (Å²) in [4.78, 5) is 12.5. The number of benzene rings is 2. The van der Waals surface area contributed by atoms with E-state index in [2.05, 4.69) is 10.4 Å². The Hall–Kier alpha value is -3.08. The van der Waals surface area contributed by atoms with Gasteiger partial charge in [-0.05, 0) is 44.2 Å². The topological polar surface area (TPSA) is 56.1 Å². The highest BCUT2D eigenvalue weighted by Gasteiger charge is 2.15. The number of hydrogen-bond donors (Lipinski definition) is 1. The summed E-state index contributed by atoms with van der Waals surface area (Å²) in [6.45, 7) is 3.96. The molecular formula is C19H19N3O2. The molecule has 2 aromatic carbocycles. The summed E-state index contributed by atoms with van der Waals surface area (Å²) < 4.78 is 7.01. The third kappa shape index (κ3) is 3.15. The predicted octanol–water partition coefficient (Wildman–Crippen LogP) is 3.75. The minimum atomic E-state index is -0.270. The fourth-order valence-electron chi connectivity index (χ4n) is 2.47. The van der Waals surface area contributed by atoms with Crippen LogP contribution in [0.15, 0.2) is 54.6 Å².